The van der Waals surface area contributed by atoms with Gasteiger partial charge in [-0.1, -0.05) is 6.07 Å². The molecule has 0 aliphatic carbocycles. The number of amides is 2. The Labute approximate surface area is 108 Å². The lowest BCUT2D eigenvalue weighted by molar-refractivity contribution is -0.137. The molecule has 2 N–H and O–H groups in total. The van der Waals surface area contributed by atoms with E-state index in [4.69, 9.17) is 5.11 Å². The molecule has 0 spiro atoms. The van der Waals surface area contributed by atoms with Crippen molar-refractivity contribution in [3.63, 3.8) is 0 Å². The smallest absolute Gasteiger partial charge is 0.322 e. The Hall–Kier alpha value is -2.18. The van der Waals surface area contributed by atoms with Crippen molar-refractivity contribution in [3.05, 3.63) is 29.8 Å². The van der Waals surface area contributed by atoms with Gasteiger partial charge in [-0.3, -0.25) is 4.79 Å². The molecule has 5 nitrogen and oxygen atoms in total. The van der Waals surface area contributed by atoms with Gasteiger partial charge >= 0.3 is 12.0 Å². The van der Waals surface area contributed by atoms with Crippen molar-refractivity contribution in [2.75, 3.05) is 18.4 Å². The molecule has 2 amide bonds. The number of nitrogens with one attached hydrogen (secondary N) is 1. The largest absolute Gasteiger partial charge is 0.481 e. The molecule has 0 aromatic heterocycles. The van der Waals surface area contributed by atoms with E-state index in [9.17, 15) is 18.4 Å². The van der Waals surface area contributed by atoms with Crippen molar-refractivity contribution >= 4 is 17.7 Å². The molecule has 0 aliphatic rings. The van der Waals surface area contributed by atoms with Gasteiger partial charge in [-0.2, -0.15) is 0 Å². The maximum atomic E-state index is 13.3. The first-order valence-electron chi connectivity index (χ1n) is 5.67. The second kappa shape index (κ2) is 6.67. The normalized spacial score (nSPS) is 10.1. The SMILES string of the molecule is CCN(CCC(=O)O)C(=O)Nc1c(F)cccc1F. The van der Waals surface area contributed by atoms with Gasteiger partial charge in [-0.25, -0.2) is 13.6 Å². The standard InChI is InChI=1S/C12H14F2N2O3/c1-2-16(7-6-10(17)18)12(19)15-11-8(13)4-3-5-9(11)14/h3-5H,2,6-7H2,1H3,(H,15,19)(H,17,18). The Bertz CT molecular complexity index is 460. The molecule has 1 aromatic carbocycles. The van der Waals surface area contributed by atoms with E-state index in [0.717, 1.165) is 17.0 Å². The van der Waals surface area contributed by atoms with Crippen LogP contribution < -0.4 is 5.32 Å². The predicted molar refractivity (Wildman–Crippen MR) is 64.9 cm³/mol. The number of aliphatic carboxylic acids is 1. The van der Waals surface area contributed by atoms with Crippen molar-refractivity contribution in [1.82, 2.24) is 4.90 Å². The van der Waals surface area contributed by atoms with E-state index in [2.05, 4.69) is 5.32 Å². The summed E-state index contributed by atoms with van der Waals surface area (Å²) < 4.78 is 26.6. The third-order valence-electron chi connectivity index (χ3n) is 2.46. The Morgan fingerprint density at radius 3 is 2.37 bits per heavy atom. The van der Waals surface area contributed by atoms with E-state index in [1.54, 1.807) is 6.92 Å². The fourth-order valence-corrected chi connectivity index (χ4v) is 1.44. The summed E-state index contributed by atoms with van der Waals surface area (Å²) in [5.74, 6) is -2.83. The number of carboxylic acid groups (broad SMARTS) is 1. The second-order valence-corrected chi connectivity index (χ2v) is 3.75. The molecule has 19 heavy (non-hydrogen) atoms. The average molecular weight is 272 g/mol. The van der Waals surface area contributed by atoms with Crippen LogP contribution in [0, 0.1) is 11.6 Å². The summed E-state index contributed by atoms with van der Waals surface area (Å²) >= 11 is 0. The molecule has 0 saturated heterocycles. The van der Waals surface area contributed by atoms with Crippen LogP contribution in [0.25, 0.3) is 0 Å². The summed E-state index contributed by atoms with van der Waals surface area (Å²) in [6.45, 7) is 1.84. The number of para-hydroxylation sites is 1. The highest BCUT2D eigenvalue weighted by molar-refractivity contribution is 5.89. The van der Waals surface area contributed by atoms with Crippen LogP contribution in [0.3, 0.4) is 0 Å². The number of urea groups is 1. The minimum atomic E-state index is -1.05. The van der Waals surface area contributed by atoms with Crippen molar-refractivity contribution in [2.24, 2.45) is 0 Å². The summed E-state index contributed by atoms with van der Waals surface area (Å²) in [4.78, 5) is 23.3. The zero-order chi connectivity index (χ0) is 14.4. The lowest BCUT2D eigenvalue weighted by Gasteiger charge is -2.20. The first-order valence-corrected chi connectivity index (χ1v) is 5.67. The Morgan fingerprint density at radius 2 is 1.89 bits per heavy atom. The number of benzene rings is 1. The Balaban J connectivity index is 2.74. The van der Waals surface area contributed by atoms with Gasteiger partial charge in [0, 0.05) is 13.1 Å². The number of carboxylic acids is 1. The summed E-state index contributed by atoms with van der Waals surface area (Å²) in [6.07, 6.45) is -0.235. The van der Waals surface area contributed by atoms with Crippen LogP contribution in [0.4, 0.5) is 19.3 Å². The zero-order valence-corrected chi connectivity index (χ0v) is 10.3. The third kappa shape index (κ3) is 4.20. The maximum Gasteiger partial charge on any atom is 0.322 e. The minimum Gasteiger partial charge on any atom is -0.481 e. The monoisotopic (exact) mass is 272 g/mol. The highest BCUT2D eigenvalue weighted by Gasteiger charge is 2.17. The fraction of sp³-hybridized carbons (Fsp3) is 0.333. The first kappa shape index (κ1) is 14.9. The van der Waals surface area contributed by atoms with Crippen LogP contribution in [0.15, 0.2) is 18.2 Å². The molecule has 0 bridgehead atoms. The summed E-state index contributed by atoms with van der Waals surface area (Å²) in [5.41, 5.74) is -0.540. The lowest BCUT2D eigenvalue weighted by Crippen LogP contribution is -2.36. The minimum absolute atomic E-state index is 0.0340. The van der Waals surface area contributed by atoms with Crippen LogP contribution in [-0.4, -0.2) is 35.1 Å². The predicted octanol–water partition coefficient (Wildman–Crippen LogP) is 2.29. The maximum absolute atomic E-state index is 13.3. The van der Waals surface area contributed by atoms with Gasteiger partial charge in [-0.05, 0) is 19.1 Å². The van der Waals surface area contributed by atoms with Gasteiger partial charge in [0.2, 0.25) is 0 Å². The van der Waals surface area contributed by atoms with E-state index in [1.807, 2.05) is 0 Å². The molecule has 0 atom stereocenters. The van der Waals surface area contributed by atoms with Crippen LogP contribution in [-0.2, 0) is 4.79 Å². The van der Waals surface area contributed by atoms with Crippen molar-refractivity contribution in [3.8, 4) is 0 Å². The number of carbonyl (C=O) groups is 2. The lowest BCUT2D eigenvalue weighted by atomic mass is 10.3. The molecule has 7 heteroatoms. The van der Waals surface area contributed by atoms with Crippen LogP contribution in [0.5, 0.6) is 0 Å². The number of hydrogen-bond acceptors (Lipinski definition) is 2. The van der Waals surface area contributed by atoms with Gasteiger partial charge in [0.1, 0.15) is 17.3 Å². The molecule has 104 valence electrons. The van der Waals surface area contributed by atoms with Crippen molar-refractivity contribution in [1.29, 1.82) is 0 Å². The molecule has 0 heterocycles. The second-order valence-electron chi connectivity index (χ2n) is 3.75. The van der Waals surface area contributed by atoms with E-state index >= 15 is 0 Å². The van der Waals surface area contributed by atoms with E-state index in [0.29, 0.717) is 0 Å². The van der Waals surface area contributed by atoms with Gasteiger partial charge in [-0.15, -0.1) is 0 Å². The molecular weight excluding hydrogens is 258 g/mol. The molecule has 0 saturated carbocycles. The van der Waals surface area contributed by atoms with E-state index < -0.39 is 29.3 Å². The molecule has 0 aliphatic heterocycles. The van der Waals surface area contributed by atoms with Crippen molar-refractivity contribution in [2.45, 2.75) is 13.3 Å². The molecule has 0 radical (unpaired) electrons. The average Bonchev–Trinajstić information content (AvgIpc) is 2.34. The van der Waals surface area contributed by atoms with Crippen LogP contribution in [0.2, 0.25) is 0 Å². The number of carbonyl (C=O) groups excluding carboxylic acids is 1. The van der Waals surface area contributed by atoms with Gasteiger partial charge in [0.25, 0.3) is 0 Å². The van der Waals surface area contributed by atoms with Gasteiger partial charge < -0.3 is 15.3 Å². The van der Waals surface area contributed by atoms with Crippen molar-refractivity contribution < 1.29 is 23.5 Å². The third-order valence-corrected chi connectivity index (χ3v) is 2.46. The zero-order valence-electron chi connectivity index (χ0n) is 10.3. The van der Waals surface area contributed by atoms with Crippen LogP contribution in [0.1, 0.15) is 13.3 Å². The van der Waals surface area contributed by atoms with Gasteiger partial charge in [0.15, 0.2) is 0 Å². The number of hydrogen-bond donors (Lipinski definition) is 2. The summed E-state index contributed by atoms with van der Waals surface area (Å²) in [6, 6.07) is 2.48. The fourth-order valence-electron chi connectivity index (χ4n) is 1.44. The number of anilines is 1. The summed E-state index contributed by atoms with van der Waals surface area (Å²) in [5, 5.41) is 10.6. The Kier molecular flexibility index (Phi) is 5.23. The number of halogens is 2. The molecule has 0 unspecified atom stereocenters. The molecular formula is C12H14F2N2O3. The molecule has 0 fully saturated rings. The molecule has 1 aromatic rings. The number of nitrogens with zero attached hydrogens (tertiary/aromatic N) is 1. The first-order chi connectivity index (χ1) is 8.95. The van der Waals surface area contributed by atoms with E-state index in [-0.39, 0.29) is 19.5 Å². The highest BCUT2D eigenvalue weighted by Crippen LogP contribution is 2.18. The summed E-state index contributed by atoms with van der Waals surface area (Å²) in [7, 11) is 0. The van der Waals surface area contributed by atoms with E-state index in [1.165, 1.54) is 6.07 Å². The topological polar surface area (TPSA) is 69.6 Å². The van der Waals surface area contributed by atoms with Gasteiger partial charge in [0.05, 0.1) is 6.42 Å². The Morgan fingerprint density at radius 1 is 1.32 bits per heavy atom. The quantitative estimate of drug-likeness (QED) is 0.864. The van der Waals surface area contributed by atoms with Crippen LogP contribution >= 0.6 is 0 Å². The highest BCUT2D eigenvalue weighted by atomic mass is 19.1. The number of rotatable bonds is 5. The molecule has 1 rings (SSSR count).